The van der Waals surface area contributed by atoms with E-state index in [0.29, 0.717) is 10.9 Å². The SMILES string of the molecule is O=C(CSc1ccccc1)NC1=NC(c2ccncc2)CS1. The highest BCUT2D eigenvalue weighted by atomic mass is 32.2. The first kappa shape index (κ1) is 15.1. The lowest BCUT2D eigenvalue weighted by molar-refractivity contribution is -0.117. The number of aromatic nitrogens is 1. The second-order valence-electron chi connectivity index (χ2n) is 4.69. The minimum Gasteiger partial charge on any atom is -0.305 e. The maximum Gasteiger partial charge on any atom is 0.236 e. The Morgan fingerprint density at radius 3 is 2.77 bits per heavy atom. The number of carbonyl (C=O) groups excluding carboxylic acids is 1. The Morgan fingerprint density at radius 2 is 2.00 bits per heavy atom. The summed E-state index contributed by atoms with van der Waals surface area (Å²) < 4.78 is 0. The summed E-state index contributed by atoms with van der Waals surface area (Å²) in [5.41, 5.74) is 1.13. The van der Waals surface area contributed by atoms with Gasteiger partial charge in [-0.05, 0) is 29.8 Å². The minimum absolute atomic E-state index is 0.0181. The van der Waals surface area contributed by atoms with E-state index in [-0.39, 0.29) is 11.9 Å². The summed E-state index contributed by atoms with van der Waals surface area (Å²) in [6, 6.07) is 13.9. The number of amidine groups is 1. The number of nitrogens with zero attached hydrogens (tertiary/aromatic N) is 2. The van der Waals surface area contributed by atoms with E-state index in [4.69, 9.17) is 0 Å². The summed E-state index contributed by atoms with van der Waals surface area (Å²) in [5, 5.41) is 3.60. The van der Waals surface area contributed by atoms with Crippen LogP contribution in [0.15, 0.2) is 64.7 Å². The summed E-state index contributed by atoms with van der Waals surface area (Å²) in [6.45, 7) is 0. The molecule has 112 valence electrons. The zero-order valence-electron chi connectivity index (χ0n) is 11.8. The van der Waals surface area contributed by atoms with Gasteiger partial charge in [0.15, 0.2) is 5.17 Å². The Kier molecular flexibility index (Phi) is 5.13. The maximum atomic E-state index is 12.0. The summed E-state index contributed by atoms with van der Waals surface area (Å²) in [6.07, 6.45) is 3.53. The van der Waals surface area contributed by atoms with Crippen molar-refractivity contribution in [2.24, 2.45) is 4.99 Å². The average molecular weight is 329 g/mol. The van der Waals surface area contributed by atoms with Gasteiger partial charge in [-0.15, -0.1) is 11.8 Å². The van der Waals surface area contributed by atoms with Crippen LogP contribution in [0.4, 0.5) is 0 Å². The smallest absolute Gasteiger partial charge is 0.236 e. The monoisotopic (exact) mass is 329 g/mol. The first-order valence-corrected chi connectivity index (χ1v) is 8.86. The summed E-state index contributed by atoms with van der Waals surface area (Å²) in [4.78, 5) is 21.6. The Hall–Kier alpha value is -1.79. The van der Waals surface area contributed by atoms with Crippen LogP contribution < -0.4 is 5.32 Å². The number of carbonyl (C=O) groups is 1. The van der Waals surface area contributed by atoms with Gasteiger partial charge >= 0.3 is 0 Å². The molecule has 1 atom stereocenters. The normalized spacial score (nSPS) is 17.1. The lowest BCUT2D eigenvalue weighted by Crippen LogP contribution is -2.28. The zero-order chi connectivity index (χ0) is 15.2. The summed E-state index contributed by atoms with van der Waals surface area (Å²) >= 11 is 3.11. The molecule has 3 rings (SSSR count). The minimum atomic E-state index is -0.0181. The van der Waals surface area contributed by atoms with Crippen LogP contribution in [-0.2, 0) is 4.79 Å². The number of pyridine rings is 1. The highest BCUT2D eigenvalue weighted by Crippen LogP contribution is 2.29. The van der Waals surface area contributed by atoms with E-state index in [9.17, 15) is 4.79 Å². The molecule has 2 aromatic rings. The largest absolute Gasteiger partial charge is 0.305 e. The van der Waals surface area contributed by atoms with Crippen molar-refractivity contribution in [1.82, 2.24) is 10.3 Å². The molecular formula is C16H15N3OS2. The van der Waals surface area contributed by atoms with Gasteiger partial charge < -0.3 is 5.32 Å². The van der Waals surface area contributed by atoms with Crippen molar-refractivity contribution in [3.63, 3.8) is 0 Å². The van der Waals surface area contributed by atoms with Crippen molar-refractivity contribution >= 4 is 34.6 Å². The van der Waals surface area contributed by atoms with Gasteiger partial charge in [0.05, 0.1) is 11.8 Å². The van der Waals surface area contributed by atoms with Crippen LogP contribution >= 0.6 is 23.5 Å². The van der Waals surface area contributed by atoms with Gasteiger partial charge in [0, 0.05) is 23.0 Å². The third-order valence-electron chi connectivity index (χ3n) is 3.10. The molecule has 1 aliphatic heterocycles. The van der Waals surface area contributed by atoms with Crippen LogP contribution in [0.2, 0.25) is 0 Å². The van der Waals surface area contributed by atoms with Gasteiger partial charge in [-0.25, -0.2) is 0 Å². The van der Waals surface area contributed by atoms with Gasteiger partial charge in [0.25, 0.3) is 0 Å². The Bertz CT molecular complexity index is 662. The van der Waals surface area contributed by atoms with Crippen molar-refractivity contribution in [2.45, 2.75) is 10.9 Å². The number of aliphatic imine (C=N–C) groups is 1. The van der Waals surface area contributed by atoms with Crippen LogP contribution in [-0.4, -0.2) is 27.6 Å². The quantitative estimate of drug-likeness (QED) is 0.876. The molecule has 0 saturated carbocycles. The molecule has 1 amide bonds. The molecule has 1 aromatic carbocycles. The summed E-state index contributed by atoms with van der Waals surface area (Å²) in [7, 11) is 0. The molecule has 1 aromatic heterocycles. The standard InChI is InChI=1S/C16H15N3OS2/c20-15(11-21-13-4-2-1-3-5-13)19-16-18-14(10-22-16)12-6-8-17-9-7-12/h1-9,14H,10-11H2,(H,18,19,20). The molecule has 0 spiro atoms. The fourth-order valence-electron chi connectivity index (χ4n) is 2.02. The molecular weight excluding hydrogens is 314 g/mol. The van der Waals surface area contributed by atoms with Crippen molar-refractivity contribution in [3.8, 4) is 0 Å². The molecule has 0 saturated heterocycles. The van der Waals surface area contributed by atoms with Gasteiger partial charge in [0.1, 0.15) is 0 Å². The molecule has 0 bridgehead atoms. The first-order chi connectivity index (χ1) is 10.8. The van der Waals surface area contributed by atoms with Crippen LogP contribution in [0.3, 0.4) is 0 Å². The predicted molar refractivity (Wildman–Crippen MR) is 92.2 cm³/mol. The van der Waals surface area contributed by atoms with E-state index in [1.807, 2.05) is 42.5 Å². The third-order valence-corrected chi connectivity index (χ3v) is 5.08. The van der Waals surface area contributed by atoms with E-state index >= 15 is 0 Å². The first-order valence-electron chi connectivity index (χ1n) is 6.89. The molecule has 6 heteroatoms. The van der Waals surface area contributed by atoms with Gasteiger partial charge in [-0.3, -0.25) is 14.8 Å². The maximum absolute atomic E-state index is 12.0. The van der Waals surface area contributed by atoms with E-state index < -0.39 is 0 Å². The van der Waals surface area contributed by atoms with E-state index in [2.05, 4.69) is 15.3 Å². The lowest BCUT2D eigenvalue weighted by atomic mass is 10.1. The number of hydrogen-bond donors (Lipinski definition) is 1. The number of rotatable bonds is 4. The van der Waals surface area contributed by atoms with Crippen LogP contribution in [0.5, 0.6) is 0 Å². The number of nitrogens with one attached hydrogen (secondary N) is 1. The average Bonchev–Trinajstić information content (AvgIpc) is 3.03. The van der Waals surface area contributed by atoms with Gasteiger partial charge in [0.2, 0.25) is 5.91 Å². The topological polar surface area (TPSA) is 54.4 Å². The molecule has 2 heterocycles. The predicted octanol–water partition coefficient (Wildman–Crippen LogP) is 3.13. The molecule has 1 N–H and O–H groups in total. The third kappa shape index (κ3) is 4.11. The molecule has 0 radical (unpaired) electrons. The van der Waals surface area contributed by atoms with Crippen molar-refractivity contribution in [1.29, 1.82) is 0 Å². The fraction of sp³-hybridized carbons (Fsp3) is 0.188. The molecule has 1 aliphatic rings. The Labute approximate surface area is 137 Å². The Balaban J connectivity index is 1.52. The van der Waals surface area contributed by atoms with E-state index in [0.717, 1.165) is 16.2 Å². The number of thioether (sulfide) groups is 2. The fourth-order valence-corrected chi connectivity index (χ4v) is 3.71. The van der Waals surface area contributed by atoms with Crippen LogP contribution in [0.25, 0.3) is 0 Å². The second-order valence-corrected chi connectivity index (χ2v) is 6.75. The van der Waals surface area contributed by atoms with E-state index in [1.165, 1.54) is 11.8 Å². The molecule has 0 aliphatic carbocycles. The molecule has 0 fully saturated rings. The van der Waals surface area contributed by atoms with Gasteiger partial charge in [-0.2, -0.15) is 0 Å². The number of amides is 1. The lowest BCUT2D eigenvalue weighted by Gasteiger charge is -2.04. The number of benzene rings is 1. The van der Waals surface area contributed by atoms with Crippen LogP contribution in [0.1, 0.15) is 11.6 Å². The van der Waals surface area contributed by atoms with Gasteiger partial charge in [-0.1, -0.05) is 30.0 Å². The molecule has 4 nitrogen and oxygen atoms in total. The highest BCUT2D eigenvalue weighted by molar-refractivity contribution is 8.14. The molecule has 1 unspecified atom stereocenters. The van der Waals surface area contributed by atoms with Crippen molar-refractivity contribution in [3.05, 3.63) is 60.4 Å². The Morgan fingerprint density at radius 1 is 1.23 bits per heavy atom. The van der Waals surface area contributed by atoms with Crippen LogP contribution in [0, 0.1) is 0 Å². The van der Waals surface area contributed by atoms with Crippen molar-refractivity contribution in [2.75, 3.05) is 11.5 Å². The van der Waals surface area contributed by atoms with Crippen molar-refractivity contribution < 1.29 is 4.79 Å². The van der Waals surface area contributed by atoms with E-state index in [1.54, 1.807) is 24.2 Å². The summed E-state index contributed by atoms with van der Waals surface area (Å²) in [5.74, 6) is 1.23. The number of hydrogen-bond acceptors (Lipinski definition) is 5. The highest BCUT2D eigenvalue weighted by Gasteiger charge is 2.21. The molecule has 22 heavy (non-hydrogen) atoms. The second kappa shape index (κ2) is 7.47. The zero-order valence-corrected chi connectivity index (χ0v) is 13.4.